The lowest BCUT2D eigenvalue weighted by atomic mass is 10.1. The summed E-state index contributed by atoms with van der Waals surface area (Å²) >= 11 is 3.32. The molecule has 1 aliphatic heterocycles. The van der Waals surface area contributed by atoms with Gasteiger partial charge in [-0.2, -0.15) is 0 Å². The maximum absolute atomic E-state index is 13.8. The molecule has 2 unspecified atom stereocenters. The number of carboxylic acid groups (broad SMARTS) is 1. The Morgan fingerprint density at radius 3 is 3.00 bits per heavy atom. The van der Waals surface area contributed by atoms with E-state index in [-0.39, 0.29) is 11.9 Å². The fraction of sp³-hybridized carbons (Fsp3) is 0.462. The number of rotatable bonds is 3. The van der Waals surface area contributed by atoms with Crippen LogP contribution in [-0.2, 0) is 4.79 Å². The fourth-order valence-electron chi connectivity index (χ4n) is 2.53. The van der Waals surface area contributed by atoms with Gasteiger partial charge in [0.15, 0.2) is 0 Å². The summed E-state index contributed by atoms with van der Waals surface area (Å²) in [6, 6.07) is 4.04. The minimum atomic E-state index is -0.824. The molecule has 1 N–H and O–H groups in total. The van der Waals surface area contributed by atoms with E-state index in [1.165, 1.54) is 6.07 Å². The van der Waals surface area contributed by atoms with Gasteiger partial charge in [-0.05, 0) is 44.5 Å². The second-order valence-electron chi connectivity index (χ2n) is 4.58. The SMILES string of the molecule is CC(c1cc(Br)ccc1F)N1CCCC1C(=O)O. The molecule has 0 radical (unpaired) electrons. The molecule has 0 amide bonds. The number of hydrogen-bond acceptors (Lipinski definition) is 2. The van der Waals surface area contributed by atoms with Crippen LogP contribution in [0.15, 0.2) is 22.7 Å². The third kappa shape index (κ3) is 2.57. The van der Waals surface area contributed by atoms with E-state index in [1.807, 2.05) is 11.8 Å². The first kappa shape index (κ1) is 13.5. The van der Waals surface area contributed by atoms with Crippen molar-refractivity contribution in [2.75, 3.05) is 6.54 Å². The number of likely N-dealkylation sites (tertiary alicyclic amines) is 1. The predicted molar refractivity (Wildman–Crippen MR) is 69.9 cm³/mol. The maximum Gasteiger partial charge on any atom is 0.320 e. The van der Waals surface area contributed by atoms with Crippen molar-refractivity contribution in [1.29, 1.82) is 0 Å². The van der Waals surface area contributed by atoms with Crippen LogP contribution in [0, 0.1) is 5.82 Å². The van der Waals surface area contributed by atoms with Crippen LogP contribution in [-0.4, -0.2) is 28.6 Å². The lowest BCUT2D eigenvalue weighted by Gasteiger charge is -2.28. The van der Waals surface area contributed by atoms with E-state index in [4.69, 9.17) is 5.11 Å². The van der Waals surface area contributed by atoms with Gasteiger partial charge in [0.2, 0.25) is 0 Å². The van der Waals surface area contributed by atoms with E-state index in [1.54, 1.807) is 12.1 Å². The molecule has 98 valence electrons. The highest BCUT2D eigenvalue weighted by atomic mass is 79.9. The number of hydrogen-bond donors (Lipinski definition) is 1. The van der Waals surface area contributed by atoms with Crippen LogP contribution < -0.4 is 0 Å². The number of nitrogens with zero attached hydrogens (tertiary/aromatic N) is 1. The van der Waals surface area contributed by atoms with Crippen LogP contribution in [0.5, 0.6) is 0 Å². The first-order valence-corrected chi connectivity index (χ1v) is 6.73. The summed E-state index contributed by atoms with van der Waals surface area (Å²) in [6.45, 7) is 2.55. The van der Waals surface area contributed by atoms with Crippen molar-refractivity contribution < 1.29 is 14.3 Å². The van der Waals surface area contributed by atoms with Crippen molar-refractivity contribution in [3.05, 3.63) is 34.1 Å². The maximum atomic E-state index is 13.8. The minimum absolute atomic E-state index is 0.230. The average Bonchev–Trinajstić information content (AvgIpc) is 2.80. The van der Waals surface area contributed by atoms with Crippen LogP contribution in [0.25, 0.3) is 0 Å². The van der Waals surface area contributed by atoms with Gasteiger partial charge in [-0.3, -0.25) is 9.69 Å². The standard InChI is InChI=1S/C13H15BrFNO2/c1-8(10-7-9(14)4-5-11(10)15)16-6-2-3-12(16)13(17)18/h4-5,7-8,12H,2-3,6H2,1H3,(H,17,18). The topological polar surface area (TPSA) is 40.5 Å². The summed E-state index contributed by atoms with van der Waals surface area (Å²) in [7, 11) is 0. The number of halogens is 2. The first-order chi connectivity index (χ1) is 8.50. The van der Waals surface area contributed by atoms with Crippen molar-refractivity contribution >= 4 is 21.9 Å². The van der Waals surface area contributed by atoms with E-state index < -0.39 is 12.0 Å². The van der Waals surface area contributed by atoms with Crippen LogP contribution in [0.2, 0.25) is 0 Å². The Bertz CT molecular complexity index is 466. The highest BCUT2D eigenvalue weighted by Gasteiger charge is 2.34. The molecule has 1 heterocycles. The molecule has 1 aromatic rings. The van der Waals surface area contributed by atoms with Gasteiger partial charge in [-0.15, -0.1) is 0 Å². The summed E-state index contributed by atoms with van der Waals surface area (Å²) in [5.74, 6) is -1.11. The smallest absolute Gasteiger partial charge is 0.320 e. The third-order valence-corrected chi connectivity index (χ3v) is 3.98. The number of aliphatic carboxylic acids is 1. The molecular formula is C13H15BrFNO2. The van der Waals surface area contributed by atoms with Crippen LogP contribution in [0.3, 0.4) is 0 Å². The van der Waals surface area contributed by atoms with Crippen LogP contribution >= 0.6 is 15.9 Å². The molecule has 1 saturated heterocycles. The molecule has 3 nitrogen and oxygen atoms in total. The number of carbonyl (C=O) groups is 1. The van der Waals surface area contributed by atoms with E-state index in [0.717, 1.165) is 10.9 Å². The molecule has 0 aromatic heterocycles. The first-order valence-electron chi connectivity index (χ1n) is 5.94. The second-order valence-corrected chi connectivity index (χ2v) is 5.49. The van der Waals surface area contributed by atoms with Crippen molar-refractivity contribution in [1.82, 2.24) is 4.90 Å². The largest absolute Gasteiger partial charge is 0.480 e. The summed E-state index contributed by atoms with van der Waals surface area (Å²) in [5.41, 5.74) is 0.539. The molecule has 18 heavy (non-hydrogen) atoms. The van der Waals surface area contributed by atoms with Crippen LogP contribution in [0.1, 0.15) is 31.4 Å². The molecule has 0 spiro atoms. The molecule has 0 bridgehead atoms. The third-order valence-electron chi connectivity index (χ3n) is 3.48. The van der Waals surface area contributed by atoms with Gasteiger partial charge < -0.3 is 5.11 Å². The van der Waals surface area contributed by atoms with Crippen molar-refractivity contribution in [2.24, 2.45) is 0 Å². The minimum Gasteiger partial charge on any atom is -0.480 e. The Balaban J connectivity index is 2.27. The van der Waals surface area contributed by atoms with Gasteiger partial charge >= 0.3 is 5.97 Å². The van der Waals surface area contributed by atoms with Crippen molar-refractivity contribution in [3.63, 3.8) is 0 Å². The Morgan fingerprint density at radius 2 is 2.33 bits per heavy atom. The molecule has 1 fully saturated rings. The molecule has 0 aliphatic carbocycles. The predicted octanol–water partition coefficient (Wildman–Crippen LogP) is 3.20. The molecule has 5 heteroatoms. The van der Waals surface area contributed by atoms with Gasteiger partial charge in [0.25, 0.3) is 0 Å². The van der Waals surface area contributed by atoms with Gasteiger partial charge in [-0.25, -0.2) is 4.39 Å². The number of benzene rings is 1. The molecule has 0 saturated carbocycles. The highest BCUT2D eigenvalue weighted by Crippen LogP contribution is 2.31. The van der Waals surface area contributed by atoms with E-state index in [0.29, 0.717) is 18.5 Å². The second kappa shape index (κ2) is 5.36. The summed E-state index contributed by atoms with van der Waals surface area (Å²) < 4.78 is 14.6. The van der Waals surface area contributed by atoms with E-state index >= 15 is 0 Å². The zero-order valence-electron chi connectivity index (χ0n) is 10.1. The lowest BCUT2D eigenvalue weighted by Crippen LogP contribution is -2.38. The normalized spacial score (nSPS) is 22.1. The zero-order chi connectivity index (χ0) is 13.3. The van der Waals surface area contributed by atoms with Crippen molar-refractivity contribution in [3.8, 4) is 0 Å². The zero-order valence-corrected chi connectivity index (χ0v) is 11.7. The summed E-state index contributed by atoms with van der Waals surface area (Å²) in [6.07, 6.45) is 1.48. The molecule has 2 atom stereocenters. The molecule has 1 aliphatic rings. The molecule has 1 aromatic carbocycles. The van der Waals surface area contributed by atoms with Crippen molar-refractivity contribution in [2.45, 2.75) is 31.8 Å². The van der Waals surface area contributed by atoms with E-state index in [9.17, 15) is 9.18 Å². The molecular weight excluding hydrogens is 301 g/mol. The quantitative estimate of drug-likeness (QED) is 0.931. The highest BCUT2D eigenvalue weighted by molar-refractivity contribution is 9.10. The summed E-state index contributed by atoms with van der Waals surface area (Å²) in [5, 5.41) is 9.16. The van der Waals surface area contributed by atoms with Gasteiger partial charge in [0.05, 0.1) is 0 Å². The molecule has 2 rings (SSSR count). The Morgan fingerprint density at radius 1 is 1.61 bits per heavy atom. The Labute approximate surface area is 114 Å². The lowest BCUT2D eigenvalue weighted by molar-refractivity contribution is -0.142. The van der Waals surface area contributed by atoms with E-state index in [2.05, 4.69) is 15.9 Å². The van der Waals surface area contributed by atoms with Crippen LogP contribution in [0.4, 0.5) is 4.39 Å². The fourth-order valence-corrected chi connectivity index (χ4v) is 2.91. The van der Waals surface area contributed by atoms with Gasteiger partial charge in [-0.1, -0.05) is 15.9 Å². The number of carboxylic acids is 1. The Kier molecular flexibility index (Phi) is 4.02. The summed E-state index contributed by atoms with van der Waals surface area (Å²) in [4.78, 5) is 13.0. The van der Waals surface area contributed by atoms with Gasteiger partial charge in [0.1, 0.15) is 11.9 Å². The van der Waals surface area contributed by atoms with Gasteiger partial charge in [0, 0.05) is 16.1 Å². The monoisotopic (exact) mass is 315 g/mol. The Hall–Kier alpha value is -0.940. The average molecular weight is 316 g/mol.